The molecule has 1 unspecified atom stereocenters. The molecule has 1 aliphatic rings. The van der Waals surface area contributed by atoms with Gasteiger partial charge in [-0.05, 0) is 50.9 Å². The molecule has 1 atom stereocenters. The summed E-state index contributed by atoms with van der Waals surface area (Å²) in [7, 11) is 4.23. The Hall–Kier alpha value is -1.72. The molecule has 1 fully saturated rings. The first-order valence-corrected chi connectivity index (χ1v) is 9.98. The molecule has 0 radical (unpaired) electrons. The summed E-state index contributed by atoms with van der Waals surface area (Å²) in [6.45, 7) is 4.59. The zero-order valence-electron chi connectivity index (χ0n) is 15.4. The van der Waals surface area contributed by atoms with Gasteiger partial charge in [-0.25, -0.2) is 4.98 Å². The van der Waals surface area contributed by atoms with E-state index >= 15 is 0 Å². The highest BCUT2D eigenvalue weighted by Gasteiger charge is 2.36. The molecule has 0 N–H and O–H groups in total. The molecule has 1 aliphatic carbocycles. The van der Waals surface area contributed by atoms with Crippen LogP contribution in [0.15, 0.2) is 30.6 Å². The molecule has 0 bridgehead atoms. The summed E-state index contributed by atoms with van der Waals surface area (Å²) in [6, 6.07) is 7.96. The summed E-state index contributed by atoms with van der Waals surface area (Å²) in [5.74, 6) is 0.635. The largest absolute Gasteiger partial charge is 0.301 e. The molecular formula is C20H26N4S. The number of rotatable bonds is 5. The van der Waals surface area contributed by atoms with Gasteiger partial charge < -0.3 is 4.90 Å². The number of nitrogens with zero attached hydrogens (tertiary/aromatic N) is 4. The highest BCUT2D eigenvalue weighted by molar-refractivity contribution is 7.18. The summed E-state index contributed by atoms with van der Waals surface area (Å²) >= 11 is 1.87. The van der Waals surface area contributed by atoms with Crippen LogP contribution in [0.25, 0.3) is 21.3 Å². The van der Waals surface area contributed by atoms with Crippen LogP contribution in [-0.4, -0.2) is 38.8 Å². The van der Waals surface area contributed by atoms with Crippen LogP contribution in [0.2, 0.25) is 0 Å². The van der Waals surface area contributed by atoms with Crippen LogP contribution in [0.3, 0.4) is 0 Å². The van der Waals surface area contributed by atoms with Crippen LogP contribution in [0.1, 0.15) is 44.0 Å². The lowest BCUT2D eigenvalue weighted by Gasteiger charge is -2.43. The van der Waals surface area contributed by atoms with Crippen molar-refractivity contribution in [2.75, 3.05) is 7.05 Å². The third kappa shape index (κ3) is 3.11. The molecule has 0 aliphatic heterocycles. The van der Waals surface area contributed by atoms with Crippen molar-refractivity contribution in [3.05, 3.63) is 35.6 Å². The monoisotopic (exact) mass is 354 g/mol. The third-order valence-corrected chi connectivity index (χ3v) is 6.95. The van der Waals surface area contributed by atoms with Crippen molar-refractivity contribution in [1.82, 2.24) is 19.7 Å². The van der Waals surface area contributed by atoms with E-state index in [4.69, 9.17) is 4.98 Å². The Labute approximate surface area is 153 Å². The zero-order chi connectivity index (χ0) is 17.6. The zero-order valence-corrected chi connectivity index (χ0v) is 16.3. The Morgan fingerprint density at radius 1 is 1.32 bits per heavy atom. The van der Waals surface area contributed by atoms with Gasteiger partial charge in [0.25, 0.3) is 0 Å². The van der Waals surface area contributed by atoms with Crippen LogP contribution < -0.4 is 0 Å². The average Bonchev–Trinajstić information content (AvgIpc) is 3.17. The fourth-order valence-corrected chi connectivity index (χ4v) is 4.77. The first-order chi connectivity index (χ1) is 12.0. The van der Waals surface area contributed by atoms with Gasteiger partial charge in [0.2, 0.25) is 0 Å². The van der Waals surface area contributed by atoms with Gasteiger partial charge in [0.05, 0.1) is 21.4 Å². The SMILES string of the molecule is CCC(C)N(C)C1CC(c2nc3ccc(-c4cnn(C)c4)cc3s2)C1. The molecule has 0 saturated heterocycles. The van der Waals surface area contributed by atoms with Crippen molar-refractivity contribution < 1.29 is 0 Å². The summed E-state index contributed by atoms with van der Waals surface area (Å²) in [6.07, 6.45) is 7.69. The van der Waals surface area contributed by atoms with Crippen LogP contribution >= 0.6 is 11.3 Å². The molecule has 5 heteroatoms. The van der Waals surface area contributed by atoms with E-state index in [0.717, 1.165) is 11.6 Å². The normalized spacial score (nSPS) is 21.6. The smallest absolute Gasteiger partial charge is 0.0970 e. The topological polar surface area (TPSA) is 34.0 Å². The maximum Gasteiger partial charge on any atom is 0.0970 e. The minimum absolute atomic E-state index is 0.635. The second-order valence-corrected chi connectivity index (χ2v) is 8.44. The predicted molar refractivity (Wildman–Crippen MR) is 105 cm³/mol. The molecule has 4 nitrogen and oxygen atoms in total. The first kappa shape index (κ1) is 16.7. The second-order valence-electron chi connectivity index (χ2n) is 7.38. The lowest BCUT2D eigenvalue weighted by molar-refractivity contribution is 0.0984. The maximum absolute atomic E-state index is 4.91. The molecule has 132 valence electrons. The van der Waals surface area contributed by atoms with E-state index in [2.05, 4.69) is 55.3 Å². The van der Waals surface area contributed by atoms with Gasteiger partial charge in [-0.1, -0.05) is 13.0 Å². The lowest BCUT2D eigenvalue weighted by atomic mass is 9.79. The molecule has 2 heterocycles. The molecule has 0 spiro atoms. The summed E-state index contributed by atoms with van der Waals surface area (Å²) in [4.78, 5) is 7.46. The Kier molecular flexibility index (Phi) is 4.38. The highest BCUT2D eigenvalue weighted by Crippen LogP contribution is 2.43. The number of thiazole rings is 1. The molecule has 25 heavy (non-hydrogen) atoms. The van der Waals surface area contributed by atoms with Gasteiger partial charge in [-0.2, -0.15) is 5.10 Å². The van der Waals surface area contributed by atoms with Crippen molar-refractivity contribution in [3.63, 3.8) is 0 Å². The Morgan fingerprint density at radius 2 is 2.12 bits per heavy atom. The van der Waals surface area contributed by atoms with E-state index in [1.165, 1.54) is 40.1 Å². The van der Waals surface area contributed by atoms with Gasteiger partial charge in [-0.15, -0.1) is 11.3 Å². The van der Waals surface area contributed by atoms with E-state index in [0.29, 0.717) is 12.0 Å². The van der Waals surface area contributed by atoms with E-state index in [1.807, 2.05) is 29.3 Å². The van der Waals surface area contributed by atoms with E-state index in [9.17, 15) is 0 Å². The second kappa shape index (κ2) is 6.54. The van der Waals surface area contributed by atoms with Crippen LogP contribution in [0, 0.1) is 0 Å². The summed E-state index contributed by atoms with van der Waals surface area (Å²) in [5, 5.41) is 5.59. The Bertz CT molecular complexity index is 875. The van der Waals surface area contributed by atoms with Crippen LogP contribution in [0.4, 0.5) is 0 Å². The number of fused-ring (bicyclic) bond motifs is 1. The van der Waals surface area contributed by atoms with Gasteiger partial charge in [-0.3, -0.25) is 4.68 Å². The van der Waals surface area contributed by atoms with E-state index < -0.39 is 0 Å². The van der Waals surface area contributed by atoms with E-state index in [-0.39, 0.29) is 0 Å². The molecule has 0 amide bonds. The number of hydrogen-bond acceptors (Lipinski definition) is 4. The third-order valence-electron chi connectivity index (χ3n) is 5.77. The van der Waals surface area contributed by atoms with Gasteiger partial charge in [0.15, 0.2) is 0 Å². The summed E-state index contributed by atoms with van der Waals surface area (Å²) < 4.78 is 3.13. The molecule has 1 aromatic carbocycles. The number of benzene rings is 1. The fourth-order valence-electron chi connectivity index (χ4n) is 3.64. The van der Waals surface area contributed by atoms with Crippen molar-refractivity contribution >= 4 is 21.6 Å². The van der Waals surface area contributed by atoms with Crippen molar-refractivity contribution in [1.29, 1.82) is 0 Å². The molecule has 2 aromatic heterocycles. The minimum Gasteiger partial charge on any atom is -0.301 e. The lowest BCUT2D eigenvalue weighted by Crippen LogP contribution is -2.45. The van der Waals surface area contributed by atoms with Crippen molar-refractivity contribution in [2.24, 2.45) is 7.05 Å². The molecule has 1 saturated carbocycles. The van der Waals surface area contributed by atoms with Crippen molar-refractivity contribution in [2.45, 2.75) is 51.1 Å². The Morgan fingerprint density at radius 3 is 2.80 bits per heavy atom. The first-order valence-electron chi connectivity index (χ1n) is 9.16. The molecule has 4 rings (SSSR count). The van der Waals surface area contributed by atoms with Gasteiger partial charge in [0, 0.05) is 36.8 Å². The number of hydrogen-bond donors (Lipinski definition) is 0. The summed E-state index contributed by atoms with van der Waals surface area (Å²) in [5.41, 5.74) is 3.52. The van der Waals surface area contributed by atoms with Crippen LogP contribution in [0.5, 0.6) is 0 Å². The maximum atomic E-state index is 4.91. The minimum atomic E-state index is 0.635. The van der Waals surface area contributed by atoms with Crippen LogP contribution in [-0.2, 0) is 7.05 Å². The fraction of sp³-hybridized carbons (Fsp3) is 0.500. The van der Waals surface area contributed by atoms with E-state index in [1.54, 1.807) is 0 Å². The number of aryl methyl sites for hydroxylation is 1. The van der Waals surface area contributed by atoms with Gasteiger partial charge in [0.1, 0.15) is 0 Å². The highest BCUT2D eigenvalue weighted by atomic mass is 32.1. The van der Waals surface area contributed by atoms with Crippen molar-refractivity contribution in [3.8, 4) is 11.1 Å². The standard InChI is InChI=1S/C20H26N4S/c1-5-13(2)24(4)17-8-15(9-17)20-22-18-7-6-14(10-19(18)25-20)16-11-21-23(3)12-16/h6-7,10-13,15,17H,5,8-9H2,1-4H3. The Balaban J connectivity index is 1.51. The molecular weight excluding hydrogens is 328 g/mol. The quantitative estimate of drug-likeness (QED) is 0.667. The van der Waals surface area contributed by atoms with Gasteiger partial charge >= 0.3 is 0 Å². The predicted octanol–water partition coefficient (Wildman–Crippen LogP) is 4.67. The average molecular weight is 355 g/mol. The molecule has 3 aromatic rings. The number of aromatic nitrogens is 3.